The van der Waals surface area contributed by atoms with Gasteiger partial charge in [0, 0.05) is 17.9 Å². The van der Waals surface area contributed by atoms with Gasteiger partial charge >= 0.3 is 11.9 Å². The largest absolute Gasteiger partial charge is 0.483 e. The van der Waals surface area contributed by atoms with Crippen LogP contribution in [0.4, 0.5) is 5.82 Å². The van der Waals surface area contributed by atoms with Crippen LogP contribution in [0.15, 0.2) is 72.0 Å². The minimum absolute atomic E-state index is 0.0529. The quantitative estimate of drug-likeness (QED) is 0.238. The van der Waals surface area contributed by atoms with Crippen molar-refractivity contribution in [2.75, 3.05) is 19.8 Å². The second-order valence-electron chi connectivity index (χ2n) is 8.28. The number of rotatable bonds is 10. The monoisotopic (exact) mass is 486 g/mol. The lowest BCUT2D eigenvalue weighted by Gasteiger charge is -2.44. The Morgan fingerprint density at radius 1 is 1.06 bits per heavy atom. The van der Waals surface area contributed by atoms with Crippen molar-refractivity contribution >= 4 is 24.2 Å². The van der Waals surface area contributed by atoms with E-state index in [1.807, 2.05) is 25.1 Å². The summed E-state index contributed by atoms with van der Waals surface area (Å²) in [5.74, 6) is -0.698. The number of carbonyl (C=O) groups is 2. The van der Waals surface area contributed by atoms with E-state index in [0.717, 1.165) is 0 Å². The van der Waals surface area contributed by atoms with Crippen molar-refractivity contribution in [3.63, 3.8) is 0 Å². The van der Waals surface area contributed by atoms with Crippen molar-refractivity contribution in [3.05, 3.63) is 83.8 Å². The maximum atomic E-state index is 12.6. The van der Waals surface area contributed by atoms with Crippen LogP contribution in [-0.4, -0.2) is 47.7 Å². The molecular formula is C27H26N4O5. The van der Waals surface area contributed by atoms with E-state index in [2.05, 4.69) is 9.98 Å². The van der Waals surface area contributed by atoms with Gasteiger partial charge in [0.2, 0.25) is 0 Å². The van der Waals surface area contributed by atoms with Crippen LogP contribution in [0.3, 0.4) is 0 Å². The van der Waals surface area contributed by atoms with Crippen molar-refractivity contribution in [2.24, 2.45) is 16.8 Å². The van der Waals surface area contributed by atoms with Gasteiger partial charge < -0.3 is 18.8 Å². The molecule has 0 spiro atoms. The van der Waals surface area contributed by atoms with Crippen LogP contribution in [0.5, 0.6) is 0 Å². The van der Waals surface area contributed by atoms with E-state index in [-0.39, 0.29) is 36.8 Å². The zero-order valence-electron chi connectivity index (χ0n) is 19.8. The van der Waals surface area contributed by atoms with Crippen LogP contribution in [0.25, 0.3) is 0 Å². The number of nitriles is 1. The van der Waals surface area contributed by atoms with Gasteiger partial charge in [0.15, 0.2) is 17.9 Å². The second-order valence-corrected chi connectivity index (χ2v) is 8.28. The number of aliphatic imine (C=N–C) groups is 1. The summed E-state index contributed by atoms with van der Waals surface area (Å²) >= 11 is 0. The van der Waals surface area contributed by atoms with Crippen LogP contribution in [-0.2, 0) is 14.2 Å². The van der Waals surface area contributed by atoms with Gasteiger partial charge in [-0.3, -0.25) is 0 Å². The third-order valence-corrected chi connectivity index (χ3v) is 6.15. The van der Waals surface area contributed by atoms with E-state index in [1.165, 1.54) is 6.40 Å². The molecule has 0 radical (unpaired) electrons. The zero-order valence-corrected chi connectivity index (χ0v) is 19.8. The average Bonchev–Trinajstić information content (AvgIpc) is 3.31. The highest BCUT2D eigenvalue weighted by atomic mass is 16.5. The number of esters is 2. The number of benzene rings is 2. The lowest BCUT2D eigenvalue weighted by Crippen LogP contribution is -2.44. The first-order valence-electron chi connectivity index (χ1n) is 11.7. The summed E-state index contributed by atoms with van der Waals surface area (Å²) in [4.78, 5) is 33.5. The van der Waals surface area contributed by atoms with Gasteiger partial charge in [0.25, 0.3) is 0 Å². The van der Waals surface area contributed by atoms with Crippen molar-refractivity contribution in [3.8, 4) is 6.07 Å². The number of ether oxygens (including phenoxy) is 3. The zero-order chi connectivity index (χ0) is 25.3. The fourth-order valence-corrected chi connectivity index (χ4v) is 4.17. The molecule has 0 saturated heterocycles. The molecule has 0 aliphatic heterocycles. The maximum Gasteiger partial charge on any atom is 0.338 e. The molecule has 1 fully saturated rings. The number of nitrogens with zero attached hydrogens (tertiary/aromatic N) is 4. The molecule has 1 aliphatic rings. The molecule has 0 N–H and O–H groups in total. The minimum atomic E-state index is -0.431. The van der Waals surface area contributed by atoms with Crippen LogP contribution < -0.4 is 0 Å². The van der Waals surface area contributed by atoms with E-state index in [9.17, 15) is 14.9 Å². The predicted molar refractivity (Wildman–Crippen MR) is 131 cm³/mol. The molecule has 1 aliphatic carbocycles. The Morgan fingerprint density at radius 3 is 2.25 bits per heavy atom. The van der Waals surface area contributed by atoms with Crippen LogP contribution in [0.2, 0.25) is 0 Å². The number of hydrogen-bond acceptors (Lipinski definition) is 8. The van der Waals surface area contributed by atoms with E-state index < -0.39 is 11.9 Å². The van der Waals surface area contributed by atoms with E-state index in [0.29, 0.717) is 30.0 Å². The Balaban J connectivity index is 1.50. The summed E-state index contributed by atoms with van der Waals surface area (Å²) in [6.07, 6.45) is 3.48. The number of aromatic nitrogens is 2. The standard InChI is InChI=1S/C27H26N4O5/c1-2-34-18-30-25-23(14-28)29-17-31(25)24-13-21(15-35-26(32)19-9-5-3-6-10-19)22(24)16-36-27(33)20-11-7-4-8-12-20/h3-12,17-18,21-22,24H,2,13,15-16H2,1H3/b30-18+/t21-,22-,24-/m1/s1. The third kappa shape index (κ3) is 5.61. The van der Waals surface area contributed by atoms with Crippen LogP contribution >= 0.6 is 0 Å². The van der Waals surface area contributed by atoms with Gasteiger partial charge in [-0.05, 0) is 37.6 Å². The molecule has 3 aromatic rings. The molecule has 9 nitrogen and oxygen atoms in total. The number of hydrogen-bond donors (Lipinski definition) is 0. The maximum absolute atomic E-state index is 12.6. The molecule has 2 aromatic carbocycles. The van der Waals surface area contributed by atoms with Crippen molar-refractivity contribution in [2.45, 2.75) is 19.4 Å². The van der Waals surface area contributed by atoms with E-state index in [4.69, 9.17) is 14.2 Å². The van der Waals surface area contributed by atoms with Gasteiger partial charge in [-0.2, -0.15) is 10.3 Å². The van der Waals surface area contributed by atoms with Gasteiger partial charge in [0.05, 0.1) is 37.3 Å². The summed E-state index contributed by atoms with van der Waals surface area (Å²) in [6.45, 7) is 2.56. The molecule has 0 amide bonds. The van der Waals surface area contributed by atoms with E-state index >= 15 is 0 Å². The molecule has 0 bridgehead atoms. The molecule has 184 valence electrons. The normalized spacial score (nSPS) is 18.7. The molecule has 1 aromatic heterocycles. The highest BCUT2D eigenvalue weighted by Crippen LogP contribution is 2.46. The van der Waals surface area contributed by atoms with Crippen LogP contribution in [0, 0.1) is 23.2 Å². The summed E-state index contributed by atoms with van der Waals surface area (Å²) in [5.41, 5.74) is 1.10. The fraction of sp³-hybridized carbons (Fsp3) is 0.296. The Hall–Kier alpha value is -4.45. The lowest BCUT2D eigenvalue weighted by atomic mass is 9.69. The van der Waals surface area contributed by atoms with Gasteiger partial charge in [-0.25, -0.2) is 14.6 Å². The highest BCUT2D eigenvalue weighted by Gasteiger charge is 2.44. The Bertz CT molecular complexity index is 1250. The fourth-order valence-electron chi connectivity index (χ4n) is 4.17. The first kappa shape index (κ1) is 24.7. The van der Waals surface area contributed by atoms with Gasteiger partial charge in [-0.1, -0.05) is 36.4 Å². The number of carbonyl (C=O) groups excluding carboxylic acids is 2. The van der Waals surface area contributed by atoms with E-state index in [1.54, 1.807) is 59.4 Å². The minimum Gasteiger partial charge on any atom is -0.483 e. The Labute approximate surface area is 209 Å². The average molecular weight is 487 g/mol. The third-order valence-electron chi connectivity index (χ3n) is 6.15. The van der Waals surface area contributed by atoms with Gasteiger partial charge in [-0.15, -0.1) is 0 Å². The predicted octanol–water partition coefficient (Wildman–Crippen LogP) is 4.34. The highest BCUT2D eigenvalue weighted by molar-refractivity contribution is 5.89. The molecule has 0 unspecified atom stereocenters. The number of imidazole rings is 1. The summed E-state index contributed by atoms with van der Waals surface area (Å²) in [6, 6.07) is 19.4. The SMILES string of the molecule is CCO/C=N/c1c(C#N)ncn1[C@@H]1C[C@H](COC(=O)c2ccccc2)[C@H]1COC(=O)c1ccccc1. The van der Waals surface area contributed by atoms with Crippen molar-refractivity contribution in [1.82, 2.24) is 9.55 Å². The topological polar surface area (TPSA) is 116 Å². The summed E-state index contributed by atoms with van der Waals surface area (Å²) in [7, 11) is 0. The summed E-state index contributed by atoms with van der Waals surface area (Å²) < 4.78 is 18.2. The smallest absolute Gasteiger partial charge is 0.338 e. The first-order valence-corrected chi connectivity index (χ1v) is 11.7. The molecule has 9 heteroatoms. The van der Waals surface area contributed by atoms with Crippen LogP contribution in [0.1, 0.15) is 45.8 Å². The molecule has 36 heavy (non-hydrogen) atoms. The second kappa shape index (κ2) is 11.8. The Morgan fingerprint density at radius 2 is 1.67 bits per heavy atom. The lowest BCUT2D eigenvalue weighted by molar-refractivity contribution is -0.0313. The van der Waals surface area contributed by atoms with Gasteiger partial charge in [0.1, 0.15) is 6.07 Å². The molecule has 3 atom stereocenters. The molecule has 1 heterocycles. The van der Waals surface area contributed by atoms with Crippen molar-refractivity contribution < 1.29 is 23.8 Å². The Kier molecular flexibility index (Phi) is 8.08. The molecule has 4 rings (SSSR count). The first-order chi connectivity index (χ1) is 17.6. The molecule has 1 saturated carbocycles. The summed E-state index contributed by atoms with van der Waals surface area (Å²) in [5, 5.41) is 9.47. The molecular weight excluding hydrogens is 460 g/mol. The van der Waals surface area contributed by atoms with Crippen molar-refractivity contribution in [1.29, 1.82) is 5.26 Å².